The molecule has 1 saturated heterocycles. The highest BCUT2D eigenvalue weighted by atomic mass is 79.9. The minimum Gasteiger partial charge on any atom is -0.306 e. The lowest BCUT2D eigenvalue weighted by Crippen LogP contribution is -2.29. The molecule has 2 heterocycles. The van der Waals surface area contributed by atoms with Gasteiger partial charge >= 0.3 is 0 Å². The maximum absolute atomic E-state index is 4.41. The Bertz CT molecular complexity index is 308. The van der Waals surface area contributed by atoms with Crippen LogP contribution >= 0.6 is 15.9 Å². The summed E-state index contributed by atoms with van der Waals surface area (Å²) in [5.74, 6) is 0.616. The fourth-order valence-corrected chi connectivity index (χ4v) is 2.20. The van der Waals surface area contributed by atoms with Crippen LogP contribution in [0.5, 0.6) is 0 Å². The highest BCUT2D eigenvalue weighted by Crippen LogP contribution is 2.26. The predicted octanol–water partition coefficient (Wildman–Crippen LogP) is 2.05. The average molecular weight is 256 g/mol. The first-order valence-corrected chi connectivity index (χ1v) is 5.72. The SMILES string of the molecule is CN1CCC(c2ccnc(Br)n2)CC1. The molecule has 0 aromatic carbocycles. The van der Waals surface area contributed by atoms with Gasteiger partial charge in [0.05, 0.1) is 0 Å². The summed E-state index contributed by atoms with van der Waals surface area (Å²) >= 11 is 3.31. The quantitative estimate of drug-likeness (QED) is 0.720. The summed E-state index contributed by atoms with van der Waals surface area (Å²) in [6, 6.07) is 2.03. The molecule has 3 nitrogen and oxygen atoms in total. The largest absolute Gasteiger partial charge is 0.306 e. The van der Waals surface area contributed by atoms with Gasteiger partial charge in [-0.2, -0.15) is 0 Å². The molecule has 0 amide bonds. The molecular weight excluding hydrogens is 242 g/mol. The van der Waals surface area contributed by atoms with Gasteiger partial charge in [0.15, 0.2) is 4.73 Å². The van der Waals surface area contributed by atoms with E-state index in [1.165, 1.54) is 31.6 Å². The molecule has 0 unspecified atom stereocenters. The third kappa shape index (κ3) is 2.30. The van der Waals surface area contributed by atoms with E-state index in [0.29, 0.717) is 10.7 Å². The van der Waals surface area contributed by atoms with E-state index in [-0.39, 0.29) is 0 Å². The monoisotopic (exact) mass is 255 g/mol. The number of hydrogen-bond acceptors (Lipinski definition) is 3. The molecule has 0 aliphatic carbocycles. The zero-order valence-electron chi connectivity index (χ0n) is 8.28. The van der Waals surface area contributed by atoms with E-state index in [1.807, 2.05) is 12.3 Å². The lowest BCUT2D eigenvalue weighted by Gasteiger charge is -2.28. The molecule has 1 aromatic rings. The average Bonchev–Trinajstić information content (AvgIpc) is 2.19. The van der Waals surface area contributed by atoms with E-state index < -0.39 is 0 Å². The van der Waals surface area contributed by atoms with E-state index in [4.69, 9.17) is 0 Å². The number of rotatable bonds is 1. The Morgan fingerprint density at radius 2 is 2.14 bits per heavy atom. The van der Waals surface area contributed by atoms with Crippen LogP contribution in [0.1, 0.15) is 24.5 Å². The van der Waals surface area contributed by atoms with Crippen molar-refractivity contribution in [2.24, 2.45) is 0 Å². The first-order chi connectivity index (χ1) is 6.75. The van der Waals surface area contributed by atoms with Crippen molar-refractivity contribution in [3.05, 3.63) is 22.7 Å². The first-order valence-electron chi connectivity index (χ1n) is 4.92. The maximum Gasteiger partial charge on any atom is 0.196 e. The van der Waals surface area contributed by atoms with E-state index >= 15 is 0 Å². The standard InChI is InChI=1S/C10H14BrN3/c1-14-6-3-8(4-7-14)9-2-5-12-10(11)13-9/h2,5,8H,3-4,6-7H2,1H3. The molecule has 0 N–H and O–H groups in total. The second-order valence-corrected chi connectivity index (χ2v) is 4.54. The molecule has 2 rings (SSSR count). The molecule has 0 radical (unpaired) electrons. The number of hydrogen-bond donors (Lipinski definition) is 0. The smallest absolute Gasteiger partial charge is 0.196 e. The summed E-state index contributed by atoms with van der Waals surface area (Å²) in [4.78, 5) is 10.8. The van der Waals surface area contributed by atoms with Gasteiger partial charge in [-0.1, -0.05) is 0 Å². The van der Waals surface area contributed by atoms with E-state index in [1.54, 1.807) is 0 Å². The molecule has 0 atom stereocenters. The molecule has 1 aliphatic heterocycles. The third-order valence-electron chi connectivity index (χ3n) is 2.78. The summed E-state index contributed by atoms with van der Waals surface area (Å²) in [6.45, 7) is 2.35. The van der Waals surface area contributed by atoms with Crippen LogP contribution in [0.2, 0.25) is 0 Å². The van der Waals surface area contributed by atoms with E-state index in [9.17, 15) is 0 Å². The molecular formula is C10H14BrN3. The Hall–Kier alpha value is -0.480. The van der Waals surface area contributed by atoms with Gasteiger partial charge < -0.3 is 4.90 Å². The predicted molar refractivity (Wildman–Crippen MR) is 59.2 cm³/mol. The van der Waals surface area contributed by atoms with Crippen LogP contribution in [0.3, 0.4) is 0 Å². The van der Waals surface area contributed by atoms with Crippen LogP contribution in [0, 0.1) is 0 Å². The van der Waals surface area contributed by atoms with Crippen molar-refractivity contribution in [2.75, 3.05) is 20.1 Å². The zero-order valence-corrected chi connectivity index (χ0v) is 9.87. The second-order valence-electron chi connectivity index (χ2n) is 3.83. The Morgan fingerprint density at radius 3 is 2.79 bits per heavy atom. The second kappa shape index (κ2) is 4.36. The summed E-state index contributed by atoms with van der Waals surface area (Å²) < 4.78 is 0.703. The van der Waals surface area contributed by atoms with Crippen molar-refractivity contribution < 1.29 is 0 Å². The Morgan fingerprint density at radius 1 is 1.43 bits per heavy atom. The van der Waals surface area contributed by atoms with Crippen molar-refractivity contribution in [1.29, 1.82) is 0 Å². The lowest BCUT2D eigenvalue weighted by atomic mass is 9.94. The van der Waals surface area contributed by atoms with Gasteiger partial charge in [0.25, 0.3) is 0 Å². The summed E-state index contributed by atoms with van der Waals surface area (Å²) in [6.07, 6.45) is 4.24. The van der Waals surface area contributed by atoms with Crippen molar-refractivity contribution in [3.8, 4) is 0 Å². The van der Waals surface area contributed by atoms with Gasteiger partial charge in [-0.15, -0.1) is 0 Å². The number of piperidine rings is 1. The molecule has 1 aromatic heterocycles. The molecule has 76 valence electrons. The fourth-order valence-electron chi connectivity index (χ4n) is 1.88. The fraction of sp³-hybridized carbons (Fsp3) is 0.600. The number of aromatic nitrogens is 2. The normalized spacial score (nSPS) is 19.9. The summed E-state index contributed by atoms with van der Waals surface area (Å²) in [5.41, 5.74) is 1.18. The van der Waals surface area contributed by atoms with Gasteiger partial charge in [-0.25, -0.2) is 9.97 Å². The van der Waals surface area contributed by atoms with Crippen LogP contribution in [0.4, 0.5) is 0 Å². The summed E-state index contributed by atoms with van der Waals surface area (Å²) in [7, 11) is 2.17. The maximum atomic E-state index is 4.41. The molecule has 1 aliphatic rings. The lowest BCUT2D eigenvalue weighted by molar-refractivity contribution is 0.253. The highest BCUT2D eigenvalue weighted by Gasteiger charge is 2.19. The topological polar surface area (TPSA) is 29.0 Å². The van der Waals surface area contributed by atoms with E-state index in [0.717, 1.165) is 0 Å². The van der Waals surface area contributed by atoms with E-state index in [2.05, 4.69) is 37.8 Å². The Labute approximate surface area is 92.7 Å². The van der Waals surface area contributed by atoms with Crippen LogP contribution < -0.4 is 0 Å². The summed E-state index contributed by atoms with van der Waals surface area (Å²) in [5, 5.41) is 0. The Balaban J connectivity index is 2.08. The van der Waals surface area contributed by atoms with Crippen LogP contribution in [-0.4, -0.2) is 35.0 Å². The van der Waals surface area contributed by atoms with Crippen LogP contribution in [-0.2, 0) is 0 Å². The van der Waals surface area contributed by atoms with Crippen molar-refractivity contribution in [1.82, 2.24) is 14.9 Å². The van der Waals surface area contributed by atoms with Crippen LogP contribution in [0.15, 0.2) is 17.0 Å². The van der Waals surface area contributed by atoms with Crippen molar-refractivity contribution in [3.63, 3.8) is 0 Å². The zero-order chi connectivity index (χ0) is 9.97. The third-order valence-corrected chi connectivity index (χ3v) is 3.17. The minimum absolute atomic E-state index is 0.616. The molecule has 0 bridgehead atoms. The number of nitrogens with zero attached hydrogens (tertiary/aromatic N) is 3. The van der Waals surface area contributed by atoms with Gasteiger partial charge in [0.1, 0.15) is 0 Å². The Kier molecular flexibility index (Phi) is 3.13. The molecule has 0 spiro atoms. The van der Waals surface area contributed by atoms with Gasteiger partial charge in [-0.05, 0) is 55.0 Å². The van der Waals surface area contributed by atoms with Crippen molar-refractivity contribution in [2.45, 2.75) is 18.8 Å². The molecule has 0 saturated carbocycles. The molecule has 14 heavy (non-hydrogen) atoms. The molecule has 4 heteroatoms. The van der Waals surface area contributed by atoms with Gasteiger partial charge in [0.2, 0.25) is 0 Å². The minimum atomic E-state index is 0.616. The van der Waals surface area contributed by atoms with Gasteiger partial charge in [-0.3, -0.25) is 0 Å². The van der Waals surface area contributed by atoms with Gasteiger partial charge in [0, 0.05) is 17.8 Å². The first kappa shape index (κ1) is 10.1. The number of halogens is 1. The number of likely N-dealkylation sites (tertiary alicyclic amines) is 1. The molecule has 1 fully saturated rings. The van der Waals surface area contributed by atoms with Crippen molar-refractivity contribution >= 4 is 15.9 Å². The highest BCUT2D eigenvalue weighted by molar-refractivity contribution is 9.10. The van der Waals surface area contributed by atoms with Crippen LogP contribution in [0.25, 0.3) is 0 Å².